The number of hydrogen-bond donors (Lipinski definition) is 0. The Bertz CT molecular complexity index is 670. The van der Waals surface area contributed by atoms with Crippen LogP contribution >= 0.6 is 0 Å². The summed E-state index contributed by atoms with van der Waals surface area (Å²) < 4.78 is 0. The smallest absolute Gasteiger partial charge is 0.332 e. The maximum Gasteiger partial charge on any atom is 0.332 e. The van der Waals surface area contributed by atoms with Gasteiger partial charge < -0.3 is 9.74 Å². The summed E-state index contributed by atoms with van der Waals surface area (Å²) in [7, 11) is 0. The number of benzene rings is 1. The lowest BCUT2D eigenvalue weighted by molar-refractivity contribution is -0.199. The maximum atomic E-state index is 12.4. The molecule has 2 aliphatic heterocycles. The Kier molecular flexibility index (Phi) is 7.17. The van der Waals surface area contributed by atoms with Crippen LogP contribution in [0.2, 0.25) is 0 Å². The molecule has 0 radical (unpaired) electrons. The van der Waals surface area contributed by atoms with Crippen LogP contribution in [0.15, 0.2) is 30.3 Å². The third-order valence-electron chi connectivity index (χ3n) is 5.44. The van der Waals surface area contributed by atoms with Crippen molar-refractivity contribution in [3.63, 3.8) is 0 Å². The van der Waals surface area contributed by atoms with E-state index >= 15 is 0 Å². The van der Waals surface area contributed by atoms with Gasteiger partial charge in [0, 0.05) is 45.6 Å². The van der Waals surface area contributed by atoms with E-state index < -0.39 is 0 Å². The van der Waals surface area contributed by atoms with Gasteiger partial charge in [0.2, 0.25) is 11.8 Å². The van der Waals surface area contributed by atoms with Crippen LogP contribution in [-0.2, 0) is 19.2 Å². The largest absolute Gasteiger partial charge is 0.367 e. The van der Waals surface area contributed by atoms with Gasteiger partial charge in [-0.1, -0.05) is 30.3 Å². The lowest BCUT2D eigenvalue weighted by atomic mass is 10.0. The summed E-state index contributed by atoms with van der Waals surface area (Å²) in [5, 5.41) is 1.73. The van der Waals surface area contributed by atoms with Crippen LogP contribution in [0.5, 0.6) is 0 Å². The van der Waals surface area contributed by atoms with Crippen molar-refractivity contribution in [3.05, 3.63) is 35.9 Å². The van der Waals surface area contributed by atoms with E-state index in [1.165, 1.54) is 4.90 Å². The number of carbonyl (C=O) groups excluding carboxylic acids is 3. The topological polar surface area (TPSA) is 70.2 Å². The van der Waals surface area contributed by atoms with E-state index in [0.29, 0.717) is 38.9 Å². The van der Waals surface area contributed by atoms with E-state index in [1.807, 2.05) is 37.3 Å². The standard InChI is InChI=1S/C21H29N3O4/c1-17(18-7-3-2-4-8-18)21(27)28-23-15-13-22(14-16-23)11-6-12-24-19(25)9-5-10-20(24)26/h2-4,7-8,17H,5-6,9-16H2,1H3. The molecule has 2 fully saturated rings. The van der Waals surface area contributed by atoms with Crippen LogP contribution in [0.1, 0.15) is 44.1 Å². The van der Waals surface area contributed by atoms with E-state index in [9.17, 15) is 14.4 Å². The van der Waals surface area contributed by atoms with Crippen molar-refractivity contribution in [1.82, 2.24) is 14.9 Å². The highest BCUT2D eigenvalue weighted by molar-refractivity contribution is 5.97. The fourth-order valence-corrected chi connectivity index (χ4v) is 3.63. The maximum absolute atomic E-state index is 12.4. The van der Waals surface area contributed by atoms with Gasteiger partial charge in [0.05, 0.1) is 5.92 Å². The summed E-state index contributed by atoms with van der Waals surface area (Å²) in [6.45, 7) is 6.12. The highest BCUT2D eigenvalue weighted by Gasteiger charge is 2.26. The van der Waals surface area contributed by atoms with E-state index in [-0.39, 0.29) is 23.7 Å². The molecule has 7 heteroatoms. The van der Waals surface area contributed by atoms with E-state index in [4.69, 9.17) is 4.84 Å². The van der Waals surface area contributed by atoms with Gasteiger partial charge in [-0.2, -0.15) is 0 Å². The summed E-state index contributed by atoms with van der Waals surface area (Å²) in [5.74, 6) is -0.610. The fourth-order valence-electron chi connectivity index (χ4n) is 3.63. The molecule has 1 atom stereocenters. The van der Waals surface area contributed by atoms with Gasteiger partial charge >= 0.3 is 5.97 Å². The Morgan fingerprint density at radius 2 is 1.64 bits per heavy atom. The van der Waals surface area contributed by atoms with E-state index in [0.717, 1.165) is 31.6 Å². The molecule has 28 heavy (non-hydrogen) atoms. The van der Waals surface area contributed by atoms with Gasteiger partial charge in [-0.3, -0.25) is 14.5 Å². The van der Waals surface area contributed by atoms with Crippen LogP contribution in [0.3, 0.4) is 0 Å². The van der Waals surface area contributed by atoms with Gasteiger partial charge in [-0.15, -0.1) is 5.06 Å². The molecule has 0 saturated carbocycles. The van der Waals surface area contributed by atoms with Crippen LogP contribution in [-0.4, -0.2) is 71.9 Å². The van der Waals surface area contributed by atoms with Crippen molar-refractivity contribution < 1.29 is 19.2 Å². The first-order valence-corrected chi connectivity index (χ1v) is 10.1. The van der Waals surface area contributed by atoms with E-state index in [2.05, 4.69) is 4.90 Å². The summed E-state index contributed by atoms with van der Waals surface area (Å²) in [6.07, 6.45) is 2.43. The summed E-state index contributed by atoms with van der Waals surface area (Å²) >= 11 is 0. The minimum absolute atomic E-state index is 0.0412. The highest BCUT2D eigenvalue weighted by atomic mass is 16.7. The molecule has 0 aliphatic carbocycles. The molecule has 0 bridgehead atoms. The molecule has 2 amide bonds. The fraction of sp³-hybridized carbons (Fsp3) is 0.571. The zero-order chi connectivity index (χ0) is 19.9. The predicted molar refractivity (Wildman–Crippen MR) is 104 cm³/mol. The zero-order valence-corrected chi connectivity index (χ0v) is 16.5. The van der Waals surface area contributed by atoms with Gasteiger partial charge in [0.15, 0.2) is 0 Å². The Labute approximate surface area is 166 Å². The number of piperazine rings is 1. The zero-order valence-electron chi connectivity index (χ0n) is 16.5. The lowest BCUT2D eigenvalue weighted by Crippen LogP contribution is -2.48. The van der Waals surface area contributed by atoms with Crippen molar-refractivity contribution in [2.24, 2.45) is 0 Å². The van der Waals surface area contributed by atoms with Gasteiger partial charge in [-0.05, 0) is 31.9 Å². The Morgan fingerprint density at radius 1 is 1.00 bits per heavy atom. The molecule has 152 valence electrons. The normalized spacial score (nSPS) is 20.2. The van der Waals surface area contributed by atoms with E-state index in [1.54, 1.807) is 5.06 Å². The Morgan fingerprint density at radius 3 is 2.29 bits per heavy atom. The van der Waals surface area contributed by atoms with Gasteiger partial charge in [0.1, 0.15) is 0 Å². The quantitative estimate of drug-likeness (QED) is 0.665. The van der Waals surface area contributed by atoms with Crippen LogP contribution in [0, 0.1) is 0 Å². The molecule has 7 nitrogen and oxygen atoms in total. The molecule has 2 aliphatic rings. The molecular formula is C21H29N3O4. The first kappa shape index (κ1) is 20.5. The molecule has 0 aromatic heterocycles. The number of amides is 2. The van der Waals surface area contributed by atoms with Crippen molar-refractivity contribution in [2.75, 3.05) is 39.3 Å². The molecule has 2 heterocycles. The number of imide groups is 1. The molecule has 0 spiro atoms. The number of nitrogens with zero attached hydrogens (tertiary/aromatic N) is 3. The van der Waals surface area contributed by atoms with Gasteiger partial charge in [0.25, 0.3) is 0 Å². The minimum atomic E-state index is -0.293. The third-order valence-corrected chi connectivity index (χ3v) is 5.44. The van der Waals surface area contributed by atoms with Crippen LogP contribution < -0.4 is 0 Å². The predicted octanol–water partition coefficient (Wildman–Crippen LogP) is 1.80. The lowest BCUT2D eigenvalue weighted by Gasteiger charge is -2.34. The average Bonchev–Trinajstić information content (AvgIpc) is 2.71. The summed E-state index contributed by atoms with van der Waals surface area (Å²) in [6, 6.07) is 9.63. The third kappa shape index (κ3) is 5.39. The first-order valence-electron chi connectivity index (χ1n) is 10.1. The number of hydrogen-bond acceptors (Lipinski definition) is 6. The molecule has 1 aromatic carbocycles. The number of carbonyl (C=O) groups is 3. The second-order valence-electron chi connectivity index (χ2n) is 7.46. The van der Waals surface area contributed by atoms with Crippen molar-refractivity contribution in [1.29, 1.82) is 0 Å². The van der Waals surface area contributed by atoms with Crippen molar-refractivity contribution in [3.8, 4) is 0 Å². The molecule has 3 rings (SSSR count). The number of likely N-dealkylation sites (tertiary alicyclic amines) is 1. The Balaban J connectivity index is 1.36. The molecular weight excluding hydrogens is 358 g/mol. The average molecular weight is 387 g/mol. The molecule has 1 aromatic rings. The summed E-state index contributed by atoms with van der Waals surface area (Å²) in [4.78, 5) is 45.3. The number of rotatable bonds is 7. The Hall–Kier alpha value is -2.25. The molecule has 2 saturated heterocycles. The van der Waals surface area contributed by atoms with Crippen LogP contribution in [0.25, 0.3) is 0 Å². The SMILES string of the molecule is CC(C(=O)ON1CCN(CCCN2C(=O)CCCC2=O)CC1)c1ccccc1. The molecule has 1 unspecified atom stereocenters. The van der Waals surface area contributed by atoms with Crippen LogP contribution in [0.4, 0.5) is 0 Å². The second kappa shape index (κ2) is 9.80. The van der Waals surface area contributed by atoms with Crippen molar-refractivity contribution in [2.45, 2.75) is 38.5 Å². The summed E-state index contributed by atoms with van der Waals surface area (Å²) in [5.41, 5.74) is 0.952. The first-order chi connectivity index (χ1) is 13.5. The molecule has 0 N–H and O–H groups in total. The monoisotopic (exact) mass is 387 g/mol. The van der Waals surface area contributed by atoms with Crippen molar-refractivity contribution >= 4 is 17.8 Å². The number of hydroxylamine groups is 2. The highest BCUT2D eigenvalue weighted by Crippen LogP contribution is 2.17. The number of piperidine rings is 1. The van der Waals surface area contributed by atoms with Gasteiger partial charge in [-0.25, -0.2) is 4.79 Å². The second-order valence-corrected chi connectivity index (χ2v) is 7.46. The minimum Gasteiger partial charge on any atom is -0.367 e.